The highest BCUT2D eigenvalue weighted by Gasteiger charge is 2.39. The van der Waals surface area contributed by atoms with Crippen molar-refractivity contribution in [1.82, 2.24) is 9.88 Å². The van der Waals surface area contributed by atoms with Crippen LogP contribution in [0.4, 0.5) is 4.79 Å². The van der Waals surface area contributed by atoms with Gasteiger partial charge in [0.25, 0.3) is 0 Å². The fourth-order valence-corrected chi connectivity index (χ4v) is 2.99. The molecule has 0 N–H and O–H groups in total. The van der Waals surface area contributed by atoms with Crippen LogP contribution in [0.25, 0.3) is 10.2 Å². The zero-order valence-corrected chi connectivity index (χ0v) is 14.2. The Hall–Kier alpha value is -1.95. The van der Waals surface area contributed by atoms with E-state index in [1.54, 1.807) is 34.7 Å². The van der Waals surface area contributed by atoms with Gasteiger partial charge in [0.1, 0.15) is 16.1 Å². The molecule has 0 aliphatic rings. The zero-order chi connectivity index (χ0) is 16.5. The second-order valence-electron chi connectivity index (χ2n) is 6.29. The van der Waals surface area contributed by atoms with Gasteiger partial charge in [0, 0.05) is 7.05 Å². The minimum atomic E-state index is -1.16. The van der Waals surface area contributed by atoms with E-state index in [1.807, 2.05) is 24.3 Å². The number of hydrogen-bond acceptors (Lipinski definition) is 5. The molecule has 2 aromatic rings. The molecule has 0 saturated carbocycles. The van der Waals surface area contributed by atoms with Crippen LogP contribution >= 0.6 is 11.3 Å². The lowest BCUT2D eigenvalue weighted by Gasteiger charge is -2.33. The van der Waals surface area contributed by atoms with Gasteiger partial charge in [-0.25, -0.2) is 9.78 Å². The van der Waals surface area contributed by atoms with Gasteiger partial charge in [-0.05, 0) is 39.8 Å². The van der Waals surface area contributed by atoms with E-state index >= 15 is 0 Å². The number of nitrogens with zero attached hydrogens (tertiary/aromatic N) is 2. The molecule has 0 aliphatic heterocycles. The van der Waals surface area contributed by atoms with Crippen molar-refractivity contribution in [1.29, 1.82) is 0 Å². The number of benzene rings is 1. The van der Waals surface area contributed by atoms with Crippen molar-refractivity contribution in [2.24, 2.45) is 0 Å². The van der Waals surface area contributed by atoms with Crippen molar-refractivity contribution < 1.29 is 14.3 Å². The first kappa shape index (κ1) is 16.4. The van der Waals surface area contributed by atoms with Crippen molar-refractivity contribution >= 4 is 33.9 Å². The van der Waals surface area contributed by atoms with Gasteiger partial charge in [0.15, 0.2) is 6.29 Å². The Balaban J connectivity index is 2.38. The quantitative estimate of drug-likeness (QED) is 0.811. The molecule has 1 aromatic carbocycles. The summed E-state index contributed by atoms with van der Waals surface area (Å²) in [6.07, 6.45) is 0.176. The summed E-state index contributed by atoms with van der Waals surface area (Å²) in [5.74, 6) is 0. The van der Waals surface area contributed by atoms with Crippen LogP contribution in [0, 0.1) is 0 Å². The largest absolute Gasteiger partial charge is 0.444 e. The summed E-state index contributed by atoms with van der Waals surface area (Å²) in [4.78, 5) is 29.8. The maximum atomic E-state index is 12.3. The number of aldehydes is 1. The molecule has 2 rings (SSSR count). The van der Waals surface area contributed by atoms with E-state index < -0.39 is 17.2 Å². The molecular formula is C16H20N2O3S. The summed E-state index contributed by atoms with van der Waals surface area (Å²) >= 11 is 1.40. The van der Waals surface area contributed by atoms with Crippen molar-refractivity contribution in [2.45, 2.75) is 38.8 Å². The van der Waals surface area contributed by atoms with Crippen molar-refractivity contribution in [3.05, 3.63) is 29.3 Å². The van der Waals surface area contributed by atoms with Gasteiger partial charge in [-0.1, -0.05) is 12.1 Å². The zero-order valence-electron chi connectivity index (χ0n) is 13.4. The minimum absolute atomic E-state index is 0.554. The van der Waals surface area contributed by atoms with E-state index in [0.29, 0.717) is 5.01 Å². The number of carbonyl (C=O) groups excluding carboxylic acids is 2. The topological polar surface area (TPSA) is 59.5 Å². The van der Waals surface area contributed by atoms with Crippen LogP contribution in [0.15, 0.2) is 24.3 Å². The molecular weight excluding hydrogens is 300 g/mol. The summed E-state index contributed by atoms with van der Waals surface area (Å²) in [5.41, 5.74) is -0.970. The Bertz CT molecular complexity index is 672. The first-order valence-corrected chi connectivity index (χ1v) is 7.78. The molecule has 1 unspecified atom stereocenters. The number of rotatable bonds is 3. The van der Waals surface area contributed by atoms with Crippen LogP contribution in [0.2, 0.25) is 0 Å². The Morgan fingerprint density at radius 1 is 1.27 bits per heavy atom. The maximum Gasteiger partial charge on any atom is 0.411 e. The van der Waals surface area contributed by atoms with Crippen molar-refractivity contribution in [3.63, 3.8) is 0 Å². The molecule has 0 saturated heterocycles. The van der Waals surface area contributed by atoms with E-state index in [1.165, 1.54) is 16.2 Å². The number of para-hydroxylation sites is 1. The molecule has 6 heteroatoms. The van der Waals surface area contributed by atoms with Gasteiger partial charge >= 0.3 is 6.09 Å². The summed E-state index contributed by atoms with van der Waals surface area (Å²) in [5, 5.41) is 0.567. The number of thiazole rings is 1. The average Bonchev–Trinajstić information content (AvgIpc) is 2.88. The smallest absolute Gasteiger partial charge is 0.411 e. The monoisotopic (exact) mass is 320 g/mol. The second-order valence-corrected chi connectivity index (χ2v) is 7.32. The SMILES string of the molecule is CN(C(=O)OC(C)(C)C)C(C)(C=O)c1nc2ccccc2s1. The van der Waals surface area contributed by atoms with E-state index in [0.717, 1.165) is 16.5 Å². The first-order chi connectivity index (χ1) is 10.2. The van der Waals surface area contributed by atoms with Gasteiger partial charge in [0.2, 0.25) is 0 Å². The predicted octanol–water partition coefficient (Wildman–Crippen LogP) is 3.58. The fraction of sp³-hybridized carbons (Fsp3) is 0.438. The molecule has 22 heavy (non-hydrogen) atoms. The predicted molar refractivity (Wildman–Crippen MR) is 87.0 cm³/mol. The van der Waals surface area contributed by atoms with Crippen LogP contribution in [0.3, 0.4) is 0 Å². The van der Waals surface area contributed by atoms with E-state index in [4.69, 9.17) is 4.74 Å². The lowest BCUT2D eigenvalue weighted by Crippen LogP contribution is -2.48. The third-order valence-corrected chi connectivity index (χ3v) is 4.58. The third-order valence-electron chi connectivity index (χ3n) is 3.32. The maximum absolute atomic E-state index is 12.3. The van der Waals surface area contributed by atoms with Crippen LogP contribution in [0.1, 0.15) is 32.7 Å². The Morgan fingerprint density at radius 3 is 2.45 bits per heavy atom. The highest BCUT2D eigenvalue weighted by molar-refractivity contribution is 7.18. The number of hydrogen-bond donors (Lipinski definition) is 0. The van der Waals surface area contributed by atoms with Gasteiger partial charge in [0.05, 0.1) is 10.2 Å². The Kier molecular flexibility index (Phi) is 4.24. The molecule has 5 nitrogen and oxygen atoms in total. The van der Waals surface area contributed by atoms with Crippen LogP contribution in [-0.4, -0.2) is 34.9 Å². The number of amides is 1. The molecule has 0 aliphatic carbocycles. The second kappa shape index (κ2) is 5.68. The van der Waals surface area contributed by atoms with Gasteiger partial charge < -0.3 is 9.53 Å². The normalized spacial score (nSPS) is 14.4. The summed E-state index contributed by atoms with van der Waals surface area (Å²) in [6, 6.07) is 7.63. The standard InChI is InChI=1S/C16H20N2O3S/c1-15(2,3)21-14(20)18(5)16(4,10-19)13-17-11-8-6-7-9-12(11)22-13/h6-10H,1-5H3. The third kappa shape index (κ3) is 3.11. The Labute approximate surface area is 133 Å². The molecule has 1 aromatic heterocycles. The first-order valence-electron chi connectivity index (χ1n) is 6.96. The summed E-state index contributed by atoms with van der Waals surface area (Å²) in [6.45, 7) is 7.03. The van der Waals surface area contributed by atoms with Gasteiger partial charge in [-0.3, -0.25) is 4.90 Å². The highest BCUT2D eigenvalue weighted by Crippen LogP contribution is 2.33. The molecule has 1 heterocycles. The molecule has 0 radical (unpaired) electrons. The molecule has 0 bridgehead atoms. The fourth-order valence-electron chi connectivity index (χ4n) is 1.88. The van der Waals surface area contributed by atoms with Crippen molar-refractivity contribution in [3.8, 4) is 0 Å². The van der Waals surface area contributed by atoms with E-state index in [9.17, 15) is 9.59 Å². The molecule has 118 valence electrons. The van der Waals surface area contributed by atoms with Crippen LogP contribution in [0.5, 0.6) is 0 Å². The summed E-state index contributed by atoms with van der Waals surface area (Å²) < 4.78 is 6.32. The molecule has 0 fully saturated rings. The lowest BCUT2D eigenvalue weighted by atomic mass is 10.0. The van der Waals surface area contributed by atoms with Crippen molar-refractivity contribution in [2.75, 3.05) is 7.05 Å². The van der Waals surface area contributed by atoms with Gasteiger partial charge in [-0.2, -0.15) is 0 Å². The van der Waals surface area contributed by atoms with Crippen LogP contribution in [-0.2, 0) is 15.1 Å². The number of likely N-dealkylation sites (N-methyl/N-ethyl adjacent to an activating group) is 1. The van der Waals surface area contributed by atoms with E-state index in [2.05, 4.69) is 4.98 Å². The number of ether oxygens (including phenoxy) is 1. The van der Waals surface area contributed by atoms with Gasteiger partial charge in [-0.15, -0.1) is 11.3 Å². The number of carbonyl (C=O) groups is 2. The Morgan fingerprint density at radius 2 is 1.91 bits per heavy atom. The summed E-state index contributed by atoms with van der Waals surface area (Å²) in [7, 11) is 1.55. The minimum Gasteiger partial charge on any atom is -0.444 e. The molecule has 0 spiro atoms. The lowest BCUT2D eigenvalue weighted by molar-refractivity contribution is -0.117. The molecule has 1 amide bonds. The number of fused-ring (bicyclic) bond motifs is 1. The average molecular weight is 320 g/mol. The number of aromatic nitrogens is 1. The molecule has 1 atom stereocenters. The van der Waals surface area contributed by atoms with E-state index in [-0.39, 0.29) is 0 Å². The van der Waals surface area contributed by atoms with Crippen LogP contribution < -0.4 is 0 Å². The highest BCUT2D eigenvalue weighted by atomic mass is 32.1.